The third kappa shape index (κ3) is 2.90. The van der Waals surface area contributed by atoms with Gasteiger partial charge in [0, 0.05) is 43.1 Å². The lowest BCUT2D eigenvalue weighted by Gasteiger charge is -2.48. The lowest BCUT2D eigenvalue weighted by molar-refractivity contribution is -0.120. The summed E-state index contributed by atoms with van der Waals surface area (Å²) in [5.41, 5.74) is -0.488. The molecule has 140 valence electrons. The van der Waals surface area contributed by atoms with Crippen molar-refractivity contribution in [2.45, 2.75) is 69.7 Å². The lowest BCUT2D eigenvalue weighted by Crippen LogP contribution is -2.57. The molecule has 0 aromatic carbocycles. The molecule has 6 nitrogen and oxygen atoms in total. The van der Waals surface area contributed by atoms with Crippen LogP contribution in [0.25, 0.3) is 0 Å². The first-order valence-electron chi connectivity index (χ1n) is 9.62. The standard InChI is InChI=1S/C18H28FN3O3/c1-2-25-17(24)22-12-3-4-13(22)8-14(7-12)21-6-5-18(15(19)10-21)9-16(23)20-11-18/h12-15H,2-11H2,1H3,(H,20,23). The summed E-state index contributed by atoms with van der Waals surface area (Å²) in [5.74, 6) is -0.0168. The number of hydrogen-bond acceptors (Lipinski definition) is 4. The molecule has 4 unspecified atom stereocenters. The quantitative estimate of drug-likeness (QED) is 0.821. The Kier molecular flexibility index (Phi) is 4.38. The van der Waals surface area contributed by atoms with Gasteiger partial charge in [-0.05, 0) is 45.6 Å². The fourth-order valence-corrected chi connectivity index (χ4v) is 5.41. The van der Waals surface area contributed by atoms with Gasteiger partial charge >= 0.3 is 6.09 Å². The number of rotatable bonds is 2. The fraction of sp³-hybridized carbons (Fsp3) is 0.889. The molecule has 1 spiro atoms. The second kappa shape index (κ2) is 6.41. The van der Waals surface area contributed by atoms with E-state index in [2.05, 4.69) is 10.2 Å². The van der Waals surface area contributed by atoms with E-state index in [-0.39, 0.29) is 24.1 Å². The molecule has 1 N–H and O–H groups in total. The predicted molar refractivity (Wildman–Crippen MR) is 89.8 cm³/mol. The van der Waals surface area contributed by atoms with Gasteiger partial charge in [-0.1, -0.05) is 0 Å². The third-order valence-electron chi connectivity index (χ3n) is 6.81. The fourth-order valence-electron chi connectivity index (χ4n) is 5.41. The highest BCUT2D eigenvalue weighted by atomic mass is 19.1. The number of carbonyl (C=O) groups excluding carboxylic acids is 2. The molecule has 4 atom stereocenters. The van der Waals surface area contributed by atoms with Gasteiger partial charge in [-0.25, -0.2) is 9.18 Å². The van der Waals surface area contributed by atoms with E-state index in [4.69, 9.17) is 4.74 Å². The van der Waals surface area contributed by atoms with Crippen LogP contribution in [0.4, 0.5) is 9.18 Å². The van der Waals surface area contributed by atoms with Crippen molar-refractivity contribution in [1.29, 1.82) is 0 Å². The maximum absolute atomic E-state index is 14.9. The Labute approximate surface area is 148 Å². The van der Waals surface area contributed by atoms with Crippen LogP contribution in [0.15, 0.2) is 0 Å². The van der Waals surface area contributed by atoms with Gasteiger partial charge in [0.25, 0.3) is 0 Å². The second-order valence-electron chi connectivity index (χ2n) is 8.14. The number of amides is 2. The third-order valence-corrected chi connectivity index (χ3v) is 6.81. The predicted octanol–water partition coefficient (Wildman–Crippen LogP) is 1.69. The number of likely N-dealkylation sites (tertiary alicyclic amines) is 1. The average Bonchev–Trinajstić information content (AvgIpc) is 3.08. The number of alkyl halides is 1. The Balaban J connectivity index is 1.39. The number of nitrogens with zero attached hydrogens (tertiary/aromatic N) is 2. The van der Waals surface area contributed by atoms with E-state index in [0.29, 0.717) is 32.2 Å². The number of ether oxygens (including phenoxy) is 1. The van der Waals surface area contributed by atoms with Gasteiger partial charge in [-0.2, -0.15) is 0 Å². The van der Waals surface area contributed by atoms with E-state index in [9.17, 15) is 14.0 Å². The SMILES string of the molecule is CCOC(=O)N1C2CCC1CC(N1CCC3(CNC(=O)C3)C(F)C1)C2. The highest BCUT2D eigenvalue weighted by Gasteiger charge is 2.51. The van der Waals surface area contributed by atoms with Gasteiger partial charge in [0.1, 0.15) is 6.17 Å². The van der Waals surface area contributed by atoms with E-state index in [1.165, 1.54) is 0 Å². The van der Waals surface area contributed by atoms with Crippen LogP contribution < -0.4 is 5.32 Å². The molecule has 0 aromatic heterocycles. The molecule has 4 fully saturated rings. The number of fused-ring (bicyclic) bond motifs is 2. The lowest BCUT2D eigenvalue weighted by atomic mass is 9.75. The van der Waals surface area contributed by atoms with Crippen molar-refractivity contribution in [2.24, 2.45) is 5.41 Å². The van der Waals surface area contributed by atoms with Crippen molar-refractivity contribution in [2.75, 3.05) is 26.2 Å². The van der Waals surface area contributed by atoms with Crippen LogP contribution in [-0.2, 0) is 9.53 Å². The summed E-state index contributed by atoms with van der Waals surface area (Å²) in [6.07, 6.45) is 3.78. The molecule has 4 saturated heterocycles. The zero-order valence-electron chi connectivity index (χ0n) is 14.9. The smallest absolute Gasteiger partial charge is 0.410 e. The van der Waals surface area contributed by atoms with Crippen molar-refractivity contribution in [3.8, 4) is 0 Å². The normalized spacial score (nSPS) is 41.2. The van der Waals surface area contributed by atoms with Gasteiger partial charge in [-0.15, -0.1) is 0 Å². The van der Waals surface area contributed by atoms with Gasteiger partial charge in [0.15, 0.2) is 0 Å². The second-order valence-corrected chi connectivity index (χ2v) is 8.14. The molecule has 0 aliphatic carbocycles. The molecule has 4 heterocycles. The first kappa shape index (κ1) is 17.1. The molecule has 2 amide bonds. The van der Waals surface area contributed by atoms with E-state index in [1.54, 1.807) is 0 Å². The summed E-state index contributed by atoms with van der Waals surface area (Å²) in [6.45, 7) is 3.98. The topological polar surface area (TPSA) is 61.9 Å². The van der Waals surface area contributed by atoms with Crippen molar-refractivity contribution < 1.29 is 18.7 Å². The van der Waals surface area contributed by atoms with E-state index < -0.39 is 11.6 Å². The zero-order chi connectivity index (χ0) is 17.6. The van der Waals surface area contributed by atoms with Crippen LogP contribution in [0, 0.1) is 5.41 Å². The summed E-state index contributed by atoms with van der Waals surface area (Å²) in [5, 5.41) is 2.80. The molecule has 0 saturated carbocycles. The number of hydrogen-bond donors (Lipinski definition) is 1. The number of carbonyl (C=O) groups is 2. The minimum atomic E-state index is -0.957. The van der Waals surface area contributed by atoms with Crippen LogP contribution >= 0.6 is 0 Å². The summed E-state index contributed by atoms with van der Waals surface area (Å²) in [6, 6.07) is 0.793. The first-order valence-corrected chi connectivity index (χ1v) is 9.62. The van der Waals surface area contributed by atoms with Gasteiger partial charge in [0.05, 0.1) is 6.61 Å². The molecule has 4 aliphatic heterocycles. The molecular weight excluding hydrogens is 325 g/mol. The van der Waals surface area contributed by atoms with Crippen molar-refractivity contribution in [3.05, 3.63) is 0 Å². The summed E-state index contributed by atoms with van der Waals surface area (Å²) < 4.78 is 20.1. The zero-order valence-corrected chi connectivity index (χ0v) is 14.9. The van der Waals surface area contributed by atoms with Crippen molar-refractivity contribution in [1.82, 2.24) is 15.1 Å². The maximum atomic E-state index is 14.9. The van der Waals surface area contributed by atoms with Crippen LogP contribution in [0.3, 0.4) is 0 Å². The minimum absolute atomic E-state index is 0.0168. The summed E-state index contributed by atoms with van der Waals surface area (Å²) in [4.78, 5) is 27.9. The molecule has 0 radical (unpaired) electrons. The molecular formula is C18H28FN3O3. The van der Waals surface area contributed by atoms with E-state index in [0.717, 1.165) is 38.6 Å². The number of piperidine rings is 2. The Morgan fingerprint density at radius 1 is 1.32 bits per heavy atom. The van der Waals surface area contributed by atoms with E-state index in [1.807, 2.05) is 11.8 Å². The summed E-state index contributed by atoms with van der Waals surface area (Å²) >= 11 is 0. The Morgan fingerprint density at radius 3 is 2.60 bits per heavy atom. The Hall–Kier alpha value is -1.37. The van der Waals surface area contributed by atoms with Crippen LogP contribution in [0.1, 0.15) is 45.4 Å². The Bertz CT molecular complexity index is 546. The van der Waals surface area contributed by atoms with Gasteiger partial charge in [0.2, 0.25) is 5.91 Å². The Morgan fingerprint density at radius 2 is 2.04 bits per heavy atom. The number of halogens is 1. The van der Waals surface area contributed by atoms with Gasteiger partial charge < -0.3 is 15.0 Å². The summed E-state index contributed by atoms with van der Waals surface area (Å²) in [7, 11) is 0. The molecule has 4 aliphatic rings. The van der Waals surface area contributed by atoms with Crippen LogP contribution in [-0.4, -0.2) is 72.3 Å². The van der Waals surface area contributed by atoms with Crippen molar-refractivity contribution >= 4 is 12.0 Å². The van der Waals surface area contributed by atoms with Gasteiger partial charge in [-0.3, -0.25) is 9.69 Å². The molecule has 0 aromatic rings. The monoisotopic (exact) mass is 353 g/mol. The minimum Gasteiger partial charge on any atom is -0.450 e. The highest BCUT2D eigenvalue weighted by molar-refractivity contribution is 5.79. The van der Waals surface area contributed by atoms with Crippen LogP contribution in [0.5, 0.6) is 0 Å². The molecule has 7 heteroatoms. The largest absolute Gasteiger partial charge is 0.450 e. The average molecular weight is 353 g/mol. The highest BCUT2D eigenvalue weighted by Crippen LogP contribution is 2.43. The maximum Gasteiger partial charge on any atom is 0.410 e. The molecule has 2 bridgehead atoms. The molecule has 4 rings (SSSR count). The number of nitrogens with one attached hydrogen (secondary N) is 1. The van der Waals surface area contributed by atoms with Crippen LogP contribution in [0.2, 0.25) is 0 Å². The molecule has 25 heavy (non-hydrogen) atoms. The van der Waals surface area contributed by atoms with E-state index >= 15 is 0 Å². The first-order chi connectivity index (χ1) is 12.0. The van der Waals surface area contributed by atoms with Crippen molar-refractivity contribution in [3.63, 3.8) is 0 Å².